The van der Waals surface area contributed by atoms with Gasteiger partial charge in [-0.05, 0) is 48.2 Å². The Morgan fingerprint density at radius 3 is 0.870 bits per heavy atom. The molecule has 0 amide bonds. The molecular weight excluding hydrogens is 789 g/mol. The van der Waals surface area contributed by atoms with Gasteiger partial charge in [-0.2, -0.15) is 0 Å². The van der Waals surface area contributed by atoms with Gasteiger partial charge in [0.05, 0.1) is 33.4 Å². The van der Waals surface area contributed by atoms with E-state index in [4.69, 9.17) is 0 Å². The number of fused-ring (bicyclic) bond motifs is 6. The number of hydrogen-bond donors (Lipinski definition) is 0. The minimum atomic E-state index is 0. The first kappa shape index (κ1) is 44.8. The summed E-state index contributed by atoms with van der Waals surface area (Å²) in [5.41, 5.74) is 7.82. The van der Waals surface area contributed by atoms with E-state index >= 15 is 0 Å². The van der Waals surface area contributed by atoms with Crippen LogP contribution in [0.5, 0.6) is 0 Å². The monoisotopic (exact) mass is 836 g/mol. The quantitative estimate of drug-likeness (QED) is 0.162. The molecule has 0 spiro atoms. The van der Waals surface area contributed by atoms with Crippen molar-refractivity contribution in [2.75, 3.05) is 4.90 Å². The van der Waals surface area contributed by atoms with Gasteiger partial charge >= 0.3 is 0 Å². The summed E-state index contributed by atoms with van der Waals surface area (Å²) < 4.78 is 4.68. The Labute approximate surface area is 353 Å². The van der Waals surface area contributed by atoms with Crippen molar-refractivity contribution >= 4 is 49.3 Å². The summed E-state index contributed by atoms with van der Waals surface area (Å²) in [6, 6.07) is 41.0. The SMILES string of the molecule is CC.CC.CC.CC.[CH2-]N([CH2-])c1cc(-n2c3ccccc3c3ccccc32)cc(-n2c3ccccc3c3ccccc32)c1.[Y].[Y].[Y]. The minimum absolute atomic E-state index is 0. The van der Waals surface area contributed by atoms with Crippen molar-refractivity contribution in [2.45, 2.75) is 55.4 Å². The van der Waals surface area contributed by atoms with Crippen molar-refractivity contribution in [1.29, 1.82) is 0 Å². The second-order valence-electron chi connectivity index (χ2n) is 8.99. The van der Waals surface area contributed by atoms with E-state index < -0.39 is 0 Å². The Morgan fingerprint density at radius 2 is 0.630 bits per heavy atom. The third kappa shape index (κ3) is 9.08. The Morgan fingerprint density at radius 1 is 0.391 bits per heavy atom. The minimum Gasteiger partial charge on any atom is -0.670 e. The van der Waals surface area contributed by atoms with Crippen molar-refractivity contribution in [1.82, 2.24) is 9.13 Å². The van der Waals surface area contributed by atoms with Gasteiger partial charge in [0.2, 0.25) is 0 Å². The summed E-state index contributed by atoms with van der Waals surface area (Å²) in [6.07, 6.45) is 0. The average Bonchev–Trinajstić information content (AvgIpc) is 3.61. The molecule has 7 rings (SSSR count). The topological polar surface area (TPSA) is 13.1 Å². The molecule has 46 heavy (non-hydrogen) atoms. The van der Waals surface area contributed by atoms with Crippen molar-refractivity contribution in [3.05, 3.63) is 129 Å². The van der Waals surface area contributed by atoms with Gasteiger partial charge in [-0.1, -0.05) is 128 Å². The molecule has 0 N–H and O–H groups in total. The van der Waals surface area contributed by atoms with E-state index in [0.29, 0.717) is 0 Å². The maximum absolute atomic E-state index is 4.11. The zero-order valence-electron chi connectivity index (χ0n) is 29.0. The summed E-state index contributed by atoms with van der Waals surface area (Å²) in [5.74, 6) is 0. The molecule has 233 valence electrons. The van der Waals surface area contributed by atoms with Crippen molar-refractivity contribution in [3.63, 3.8) is 0 Å². The van der Waals surface area contributed by atoms with Crippen molar-refractivity contribution in [2.24, 2.45) is 0 Å². The molecule has 3 nitrogen and oxygen atoms in total. The number of hydrogen-bond acceptors (Lipinski definition) is 1. The number of nitrogens with zero attached hydrogens (tertiary/aromatic N) is 3. The molecule has 0 aliphatic heterocycles. The Hall–Kier alpha value is -1.19. The average molecular weight is 837 g/mol. The Balaban J connectivity index is 0.00000172. The third-order valence-electron chi connectivity index (χ3n) is 6.93. The predicted octanol–water partition coefficient (Wildman–Crippen LogP) is 12.4. The van der Waals surface area contributed by atoms with Crippen LogP contribution in [0.4, 0.5) is 5.69 Å². The molecule has 3 radical (unpaired) electrons. The van der Waals surface area contributed by atoms with Gasteiger partial charge in [-0.25, -0.2) is 0 Å². The molecule has 0 saturated heterocycles. The van der Waals surface area contributed by atoms with E-state index in [1.807, 2.05) is 55.4 Å². The van der Waals surface area contributed by atoms with Crippen LogP contribution in [0.25, 0.3) is 55.0 Å². The van der Waals surface area contributed by atoms with Crippen LogP contribution in [0.2, 0.25) is 0 Å². The van der Waals surface area contributed by atoms with Crippen LogP contribution in [0.15, 0.2) is 115 Å². The maximum atomic E-state index is 4.11. The van der Waals surface area contributed by atoms with Gasteiger partial charge in [0.25, 0.3) is 0 Å². The molecule has 0 atom stereocenters. The number of rotatable bonds is 3. The summed E-state index contributed by atoms with van der Waals surface area (Å²) >= 11 is 0. The van der Waals surface area contributed by atoms with Gasteiger partial charge in [-0.3, -0.25) is 14.1 Å². The molecule has 5 aromatic carbocycles. The first-order valence-corrected chi connectivity index (χ1v) is 15.7. The molecule has 0 unspecified atom stereocenters. The van der Waals surface area contributed by atoms with Gasteiger partial charge in [0.15, 0.2) is 0 Å². The van der Waals surface area contributed by atoms with Crippen LogP contribution in [-0.4, -0.2) is 9.13 Å². The smallest absolute Gasteiger partial charge is 0.0541 e. The van der Waals surface area contributed by atoms with Gasteiger partial charge < -0.3 is 14.0 Å². The van der Waals surface area contributed by atoms with Crippen molar-refractivity contribution in [3.8, 4) is 11.4 Å². The molecule has 6 heteroatoms. The van der Waals surface area contributed by atoms with E-state index in [2.05, 4.69) is 138 Å². The zero-order valence-corrected chi connectivity index (χ0v) is 37.5. The zero-order chi connectivity index (χ0) is 31.5. The van der Waals surface area contributed by atoms with E-state index in [0.717, 1.165) is 17.1 Å². The summed E-state index contributed by atoms with van der Waals surface area (Å²) in [4.78, 5) is 1.69. The number of anilines is 1. The predicted molar refractivity (Wildman–Crippen MR) is 194 cm³/mol. The first-order valence-electron chi connectivity index (χ1n) is 15.7. The van der Waals surface area contributed by atoms with Crippen LogP contribution in [-0.2, 0) is 98.1 Å². The molecule has 0 fully saturated rings. The van der Waals surface area contributed by atoms with E-state index in [9.17, 15) is 0 Å². The van der Waals surface area contributed by atoms with Crippen LogP contribution in [0.3, 0.4) is 0 Å². The van der Waals surface area contributed by atoms with Crippen LogP contribution >= 0.6 is 0 Å². The van der Waals surface area contributed by atoms with Gasteiger partial charge in [0.1, 0.15) is 0 Å². The first-order chi connectivity index (χ1) is 21.2. The summed E-state index contributed by atoms with van der Waals surface area (Å²) in [7, 11) is 8.21. The second kappa shape index (κ2) is 22.4. The van der Waals surface area contributed by atoms with E-state index in [1.54, 1.807) is 4.90 Å². The fourth-order valence-corrected chi connectivity index (χ4v) is 5.42. The molecule has 2 aromatic heterocycles. The Bertz CT molecular complexity index is 1660. The number of aromatic nitrogens is 2. The van der Waals surface area contributed by atoms with E-state index in [1.165, 1.54) is 43.6 Å². The molecule has 0 aliphatic rings. The molecular formula is C40H47N3Y3-2. The molecule has 0 saturated carbocycles. The van der Waals surface area contributed by atoms with Gasteiger partial charge in [0, 0.05) is 120 Å². The molecule has 0 aliphatic carbocycles. The fraction of sp³-hybridized carbons (Fsp3) is 0.200. The summed E-state index contributed by atoms with van der Waals surface area (Å²) in [5, 5.41) is 4.97. The molecule has 7 aromatic rings. The maximum Gasteiger partial charge on any atom is 0.0541 e. The van der Waals surface area contributed by atoms with Gasteiger partial charge in [-0.15, -0.1) is 0 Å². The van der Waals surface area contributed by atoms with Crippen molar-refractivity contribution < 1.29 is 98.1 Å². The fourth-order valence-electron chi connectivity index (χ4n) is 5.42. The number of benzene rings is 5. The second-order valence-corrected chi connectivity index (χ2v) is 8.99. The van der Waals surface area contributed by atoms with Crippen LogP contribution in [0, 0.1) is 14.1 Å². The molecule has 0 bridgehead atoms. The number of para-hydroxylation sites is 4. The van der Waals surface area contributed by atoms with E-state index in [-0.39, 0.29) is 98.1 Å². The normalized spacial score (nSPS) is 9.43. The van der Waals surface area contributed by atoms with Crippen LogP contribution in [0.1, 0.15) is 55.4 Å². The summed E-state index contributed by atoms with van der Waals surface area (Å²) in [6.45, 7) is 16.0. The van der Waals surface area contributed by atoms with Crippen LogP contribution < -0.4 is 4.90 Å². The Kier molecular flexibility index (Phi) is 21.9. The molecule has 2 heterocycles. The third-order valence-corrected chi connectivity index (χ3v) is 6.93. The standard InChI is InChI=1S/C32H23N3.4C2H6.3Y/c1-33(2)22-19-23(34-29-15-7-3-11-25(29)26-12-4-8-16-30(26)34)21-24(20-22)35-31-17-9-5-13-27(31)28-14-6-10-18-32(28)35;4*1-2;;;/h3-21H,1-2H2;4*1-2H3;;;/q-2;;;;;;;. The largest absolute Gasteiger partial charge is 0.670 e.